The molecule has 1 aliphatic heterocycles. The molecular weight excluding hydrogens is 542 g/mol. The summed E-state index contributed by atoms with van der Waals surface area (Å²) in [6.45, 7) is 1.02. The normalized spacial score (nSPS) is 15.3. The molecule has 0 fully saturated rings. The number of aliphatic hydroxyl groups is 1. The van der Waals surface area contributed by atoms with Crippen LogP contribution in [0.3, 0.4) is 0 Å². The van der Waals surface area contributed by atoms with E-state index in [9.17, 15) is 18.3 Å². The number of ether oxygens (including phenoxy) is 2. The first-order valence-electron chi connectivity index (χ1n) is 13.2. The third kappa shape index (κ3) is 6.91. The van der Waals surface area contributed by atoms with Crippen LogP contribution in [0.4, 0.5) is 0 Å². The van der Waals surface area contributed by atoms with Crippen LogP contribution >= 0.6 is 0 Å². The number of hydrogen-bond acceptors (Lipinski definition) is 8. The Balaban J connectivity index is 1.18. The summed E-state index contributed by atoms with van der Waals surface area (Å²) in [4.78, 5) is 16.6. The quantitative estimate of drug-likeness (QED) is 0.261. The average molecular weight is 574 g/mol. The molecule has 10 heteroatoms. The molecule has 2 heterocycles. The smallest absolute Gasteiger partial charge is 0.265 e. The standard InChI is InChI=1S/C31H31N3O6S/c1-39-26-6-2-4-24(17-26)31(36)34-41(37,38)28-12-8-21(9-13-28)22-10-14-30-23(16-22)7-11-27(40-30)19-33-20-29(35)25-5-3-15-32-18-25/h2-6,8-10,12-18,27,29,33,35H,7,11,19-20H2,1H3,(H,34,36)/t27-,29+/m1/s1. The fourth-order valence-electron chi connectivity index (χ4n) is 4.67. The number of aliphatic hydroxyl groups excluding tert-OH is 1. The number of rotatable bonds is 10. The molecule has 1 aliphatic rings. The van der Waals surface area contributed by atoms with Crippen LogP contribution in [-0.2, 0) is 16.4 Å². The number of methoxy groups -OCH3 is 1. The van der Waals surface area contributed by atoms with E-state index in [1.165, 1.54) is 31.4 Å². The Morgan fingerprint density at radius 2 is 1.88 bits per heavy atom. The highest BCUT2D eigenvalue weighted by Crippen LogP contribution is 2.32. The van der Waals surface area contributed by atoms with E-state index >= 15 is 0 Å². The lowest BCUT2D eigenvalue weighted by Gasteiger charge is -2.27. The first kappa shape index (κ1) is 28.3. The van der Waals surface area contributed by atoms with Gasteiger partial charge in [-0.15, -0.1) is 0 Å². The minimum absolute atomic E-state index is 0.00822. The van der Waals surface area contributed by atoms with Crippen LogP contribution in [0.5, 0.6) is 11.5 Å². The van der Waals surface area contributed by atoms with Gasteiger partial charge in [-0.05, 0) is 78.1 Å². The number of carbonyl (C=O) groups excluding carboxylic acids is 1. The molecule has 0 saturated carbocycles. The lowest BCUT2D eigenvalue weighted by atomic mass is 9.97. The number of carbonyl (C=O) groups is 1. The molecule has 0 unspecified atom stereocenters. The predicted octanol–water partition coefficient (Wildman–Crippen LogP) is 3.89. The number of aromatic nitrogens is 1. The van der Waals surface area contributed by atoms with Crippen molar-refractivity contribution < 1.29 is 27.8 Å². The molecule has 41 heavy (non-hydrogen) atoms. The van der Waals surface area contributed by atoms with Crippen LogP contribution < -0.4 is 19.5 Å². The summed E-state index contributed by atoms with van der Waals surface area (Å²) in [7, 11) is -2.59. The van der Waals surface area contributed by atoms with Crippen molar-refractivity contribution >= 4 is 15.9 Å². The van der Waals surface area contributed by atoms with Crippen molar-refractivity contribution in [3.8, 4) is 22.6 Å². The van der Waals surface area contributed by atoms with Gasteiger partial charge in [0.05, 0.1) is 18.1 Å². The minimum atomic E-state index is -4.06. The molecule has 0 radical (unpaired) electrons. The average Bonchev–Trinajstić information content (AvgIpc) is 3.01. The van der Waals surface area contributed by atoms with Gasteiger partial charge in [-0.3, -0.25) is 9.78 Å². The fraction of sp³-hybridized carbons (Fsp3) is 0.226. The SMILES string of the molecule is COc1cccc(C(=O)NS(=O)(=O)c2ccc(-c3ccc4c(c3)CC[C@H](CNC[C@H](O)c3cccnc3)O4)cc2)c1. The lowest BCUT2D eigenvalue weighted by molar-refractivity contribution is 0.0981. The summed E-state index contributed by atoms with van der Waals surface area (Å²) in [5.74, 6) is 0.540. The fourth-order valence-corrected chi connectivity index (χ4v) is 5.64. The van der Waals surface area contributed by atoms with Gasteiger partial charge in [-0.25, -0.2) is 13.1 Å². The Labute approximate surface area is 239 Å². The Kier molecular flexibility index (Phi) is 8.63. The molecule has 9 nitrogen and oxygen atoms in total. The van der Waals surface area contributed by atoms with E-state index in [4.69, 9.17) is 9.47 Å². The first-order chi connectivity index (χ1) is 19.8. The van der Waals surface area contributed by atoms with Crippen molar-refractivity contribution in [3.63, 3.8) is 0 Å². The van der Waals surface area contributed by atoms with Crippen molar-refractivity contribution in [1.82, 2.24) is 15.0 Å². The van der Waals surface area contributed by atoms with Gasteiger partial charge in [0, 0.05) is 36.6 Å². The number of benzene rings is 3. The molecule has 2 atom stereocenters. The number of fused-ring (bicyclic) bond motifs is 1. The van der Waals surface area contributed by atoms with Gasteiger partial charge in [0.25, 0.3) is 15.9 Å². The highest BCUT2D eigenvalue weighted by molar-refractivity contribution is 7.90. The topological polar surface area (TPSA) is 127 Å². The molecule has 212 valence electrons. The summed E-state index contributed by atoms with van der Waals surface area (Å²) in [5.41, 5.74) is 3.82. The molecule has 3 aromatic carbocycles. The molecule has 4 aromatic rings. The van der Waals surface area contributed by atoms with Gasteiger partial charge in [-0.2, -0.15) is 0 Å². The number of pyridine rings is 1. The van der Waals surface area contributed by atoms with E-state index in [-0.39, 0.29) is 16.6 Å². The molecular formula is C31H31N3O6S. The summed E-state index contributed by atoms with van der Waals surface area (Å²) in [6, 6.07) is 22.2. The summed E-state index contributed by atoms with van der Waals surface area (Å²) >= 11 is 0. The molecule has 0 bridgehead atoms. The second-order valence-corrected chi connectivity index (χ2v) is 11.4. The van der Waals surface area contributed by atoms with Gasteiger partial charge >= 0.3 is 0 Å². The third-order valence-electron chi connectivity index (χ3n) is 6.93. The highest BCUT2D eigenvalue weighted by atomic mass is 32.2. The van der Waals surface area contributed by atoms with Gasteiger partial charge in [0.15, 0.2) is 0 Å². The maximum absolute atomic E-state index is 12.8. The second-order valence-electron chi connectivity index (χ2n) is 9.75. The van der Waals surface area contributed by atoms with E-state index in [0.29, 0.717) is 18.8 Å². The molecule has 1 aromatic heterocycles. The number of aryl methyl sites for hydroxylation is 1. The van der Waals surface area contributed by atoms with Crippen molar-refractivity contribution in [2.45, 2.75) is 29.9 Å². The van der Waals surface area contributed by atoms with Crippen molar-refractivity contribution in [3.05, 3.63) is 108 Å². The van der Waals surface area contributed by atoms with Crippen molar-refractivity contribution in [1.29, 1.82) is 0 Å². The zero-order chi connectivity index (χ0) is 28.8. The van der Waals surface area contributed by atoms with Gasteiger partial charge < -0.3 is 19.9 Å². The van der Waals surface area contributed by atoms with Crippen LogP contribution in [0.1, 0.15) is 34.0 Å². The summed E-state index contributed by atoms with van der Waals surface area (Å²) in [6.07, 6.45) is 4.36. The third-order valence-corrected chi connectivity index (χ3v) is 8.27. The molecule has 0 spiro atoms. The monoisotopic (exact) mass is 573 g/mol. The number of amides is 1. The molecule has 5 rings (SSSR count). The Hall–Kier alpha value is -4.25. The Morgan fingerprint density at radius 1 is 1.07 bits per heavy atom. The van der Waals surface area contributed by atoms with Crippen LogP contribution in [0, 0.1) is 0 Å². The van der Waals surface area contributed by atoms with Crippen LogP contribution in [-0.4, -0.2) is 50.7 Å². The Bertz CT molecular complexity index is 1610. The van der Waals surface area contributed by atoms with E-state index in [1.807, 2.05) is 18.2 Å². The first-order valence-corrected chi connectivity index (χ1v) is 14.7. The van der Waals surface area contributed by atoms with Crippen LogP contribution in [0.2, 0.25) is 0 Å². The number of nitrogens with one attached hydrogen (secondary N) is 2. The minimum Gasteiger partial charge on any atom is -0.497 e. The zero-order valence-corrected chi connectivity index (χ0v) is 23.3. The largest absolute Gasteiger partial charge is 0.497 e. The second kappa shape index (κ2) is 12.5. The summed E-state index contributed by atoms with van der Waals surface area (Å²) in [5, 5.41) is 13.6. The van der Waals surface area contributed by atoms with Crippen molar-refractivity contribution in [2.24, 2.45) is 0 Å². The molecule has 0 aliphatic carbocycles. The maximum Gasteiger partial charge on any atom is 0.265 e. The van der Waals surface area contributed by atoms with Gasteiger partial charge in [0.1, 0.15) is 17.6 Å². The number of sulfonamides is 1. The van der Waals surface area contributed by atoms with Gasteiger partial charge in [-0.1, -0.05) is 30.3 Å². The number of nitrogens with zero attached hydrogens (tertiary/aromatic N) is 1. The van der Waals surface area contributed by atoms with Gasteiger partial charge in [0.2, 0.25) is 0 Å². The number of hydrogen-bond donors (Lipinski definition) is 3. The predicted molar refractivity (Wildman–Crippen MR) is 154 cm³/mol. The highest BCUT2D eigenvalue weighted by Gasteiger charge is 2.22. The van der Waals surface area contributed by atoms with Crippen molar-refractivity contribution in [2.75, 3.05) is 20.2 Å². The van der Waals surface area contributed by atoms with E-state index in [1.54, 1.807) is 42.7 Å². The van der Waals surface area contributed by atoms with E-state index in [0.717, 1.165) is 40.8 Å². The molecule has 3 N–H and O–H groups in total. The molecule has 1 amide bonds. The van der Waals surface area contributed by atoms with Crippen LogP contribution in [0.15, 0.2) is 96.2 Å². The summed E-state index contributed by atoms with van der Waals surface area (Å²) < 4.78 is 39.0. The van der Waals surface area contributed by atoms with Crippen LogP contribution in [0.25, 0.3) is 11.1 Å². The zero-order valence-electron chi connectivity index (χ0n) is 22.5. The van der Waals surface area contributed by atoms with E-state index in [2.05, 4.69) is 21.1 Å². The lowest BCUT2D eigenvalue weighted by Crippen LogP contribution is -2.36. The van der Waals surface area contributed by atoms with E-state index < -0.39 is 22.0 Å². The maximum atomic E-state index is 12.8. The molecule has 0 saturated heterocycles. The Morgan fingerprint density at radius 3 is 2.63 bits per heavy atom.